The highest BCUT2D eigenvalue weighted by atomic mass is 31.2. The van der Waals surface area contributed by atoms with Gasteiger partial charge in [-0.3, -0.25) is 0 Å². The fourth-order valence-electron chi connectivity index (χ4n) is 0.383. The molecule has 1 aromatic rings. The highest BCUT2D eigenvalue weighted by Gasteiger charge is 2.00. The first-order valence-electron chi connectivity index (χ1n) is 2.81. The summed E-state index contributed by atoms with van der Waals surface area (Å²) < 4.78 is 9.63. The fourth-order valence-corrected chi connectivity index (χ4v) is 0.383. The molecule has 68 valence electrons. The fraction of sp³-hybridized carbons (Fsp3) is 0. The van der Waals surface area contributed by atoms with Crippen LogP contribution in [0.1, 0.15) is 0 Å². The van der Waals surface area contributed by atoms with Crippen LogP contribution in [0.15, 0.2) is 30.6 Å². The van der Waals surface area contributed by atoms with E-state index in [1.54, 1.807) is 18.2 Å². The van der Waals surface area contributed by atoms with E-state index in [0.717, 1.165) is 4.73 Å². The third kappa shape index (κ3) is 11.8. The number of nitrogens with zero attached hydrogens (tertiary/aromatic N) is 1. The first-order chi connectivity index (χ1) is 5.39. The summed E-state index contributed by atoms with van der Waals surface area (Å²) in [5, 5.41) is 10.2. The normalized spacial score (nSPS) is 9.92. The zero-order valence-electron chi connectivity index (χ0n) is 5.94. The predicted octanol–water partition coefficient (Wildman–Crippen LogP) is -0.609. The second kappa shape index (κ2) is 4.84. The minimum Gasteiger partial charge on any atom is -0.619 e. The van der Waals surface area contributed by atoms with Gasteiger partial charge in [-0.15, -0.1) is 0 Å². The van der Waals surface area contributed by atoms with E-state index in [1.807, 2.05) is 0 Å². The van der Waals surface area contributed by atoms with Crippen molar-refractivity contribution in [2.45, 2.75) is 0 Å². The van der Waals surface area contributed by atoms with Crippen LogP contribution < -0.4 is 4.73 Å². The Kier molecular flexibility index (Phi) is 4.46. The zero-order valence-corrected chi connectivity index (χ0v) is 6.83. The van der Waals surface area contributed by atoms with E-state index in [-0.39, 0.29) is 0 Å². The van der Waals surface area contributed by atoms with Crippen LogP contribution in [0.5, 0.6) is 0 Å². The summed E-state index contributed by atoms with van der Waals surface area (Å²) in [5.74, 6) is 0. The first-order valence-corrected chi connectivity index (χ1v) is 4.38. The van der Waals surface area contributed by atoms with E-state index >= 15 is 0 Å². The summed E-state index contributed by atoms with van der Waals surface area (Å²) >= 11 is 0. The molecule has 3 N–H and O–H groups in total. The van der Waals surface area contributed by atoms with Crippen molar-refractivity contribution in [1.82, 2.24) is 0 Å². The van der Waals surface area contributed by atoms with E-state index < -0.39 is 7.82 Å². The van der Waals surface area contributed by atoms with Crippen LogP contribution in [0.25, 0.3) is 0 Å². The molecule has 1 rings (SSSR count). The largest absolute Gasteiger partial charge is 0.619 e. The van der Waals surface area contributed by atoms with Gasteiger partial charge < -0.3 is 19.9 Å². The van der Waals surface area contributed by atoms with Gasteiger partial charge in [0.15, 0.2) is 12.4 Å². The number of pyridine rings is 1. The van der Waals surface area contributed by atoms with Crippen LogP contribution >= 0.6 is 7.82 Å². The Hall–Kier alpha value is -0.940. The molecule has 0 bridgehead atoms. The molecule has 0 aromatic carbocycles. The summed E-state index contributed by atoms with van der Waals surface area (Å²) in [4.78, 5) is 21.6. The van der Waals surface area contributed by atoms with Crippen LogP contribution in [0.4, 0.5) is 0 Å². The topological polar surface area (TPSA) is 105 Å². The molecule has 0 saturated carbocycles. The van der Waals surface area contributed by atoms with Gasteiger partial charge >= 0.3 is 7.82 Å². The molecule has 0 atom stereocenters. The number of hydrogen-bond donors (Lipinski definition) is 3. The Balaban J connectivity index is 0.000000217. The molecule has 0 saturated heterocycles. The molecule has 1 aromatic heterocycles. The van der Waals surface area contributed by atoms with Gasteiger partial charge in [0.1, 0.15) is 0 Å². The van der Waals surface area contributed by atoms with Gasteiger partial charge in [-0.05, 0) is 0 Å². The van der Waals surface area contributed by atoms with Crippen molar-refractivity contribution in [3.05, 3.63) is 35.8 Å². The van der Waals surface area contributed by atoms with Crippen LogP contribution in [-0.4, -0.2) is 14.7 Å². The summed E-state index contributed by atoms with van der Waals surface area (Å²) in [5.41, 5.74) is 0. The SMILES string of the molecule is O=P(O)(O)O.[O-][n+]1ccccc1. The molecule has 0 aliphatic rings. The van der Waals surface area contributed by atoms with Crippen molar-refractivity contribution in [3.63, 3.8) is 0 Å². The first kappa shape index (κ1) is 11.1. The number of rotatable bonds is 0. The lowest BCUT2D eigenvalue weighted by Gasteiger charge is -1.88. The monoisotopic (exact) mass is 193 g/mol. The molecular formula is C5H8NO5P. The lowest BCUT2D eigenvalue weighted by Crippen LogP contribution is -2.22. The zero-order chi connectivity index (χ0) is 9.61. The van der Waals surface area contributed by atoms with Crippen molar-refractivity contribution in [1.29, 1.82) is 0 Å². The van der Waals surface area contributed by atoms with Crippen LogP contribution in [-0.2, 0) is 4.57 Å². The van der Waals surface area contributed by atoms with Crippen molar-refractivity contribution in [3.8, 4) is 0 Å². The molecular weight excluding hydrogens is 185 g/mol. The Labute approximate surface area is 68.5 Å². The molecule has 0 amide bonds. The minimum atomic E-state index is -4.64. The number of hydrogen-bond acceptors (Lipinski definition) is 2. The summed E-state index contributed by atoms with van der Waals surface area (Å²) in [7, 11) is -4.64. The van der Waals surface area contributed by atoms with E-state index in [4.69, 9.17) is 19.2 Å². The van der Waals surface area contributed by atoms with Crippen molar-refractivity contribution in [2.75, 3.05) is 0 Å². The van der Waals surface area contributed by atoms with Gasteiger partial charge in [0.2, 0.25) is 0 Å². The predicted molar refractivity (Wildman–Crippen MR) is 39.7 cm³/mol. The molecule has 1 heterocycles. The number of phosphoric acid groups is 1. The highest BCUT2D eigenvalue weighted by Crippen LogP contribution is 2.25. The molecule has 0 unspecified atom stereocenters. The van der Waals surface area contributed by atoms with Gasteiger partial charge in [-0.2, -0.15) is 4.73 Å². The summed E-state index contributed by atoms with van der Waals surface area (Å²) in [6.45, 7) is 0. The van der Waals surface area contributed by atoms with Gasteiger partial charge in [-0.25, -0.2) is 4.57 Å². The van der Waals surface area contributed by atoms with Crippen molar-refractivity contribution < 1.29 is 24.0 Å². The quantitative estimate of drug-likeness (QED) is 0.289. The average molecular weight is 193 g/mol. The summed E-state index contributed by atoms with van der Waals surface area (Å²) in [6, 6.07) is 5.18. The van der Waals surface area contributed by atoms with Gasteiger partial charge in [0.25, 0.3) is 0 Å². The van der Waals surface area contributed by atoms with Crippen LogP contribution in [0.2, 0.25) is 0 Å². The molecule has 0 spiro atoms. The maximum absolute atomic E-state index is 10.2. The third-order valence-electron chi connectivity index (χ3n) is 0.688. The highest BCUT2D eigenvalue weighted by molar-refractivity contribution is 7.45. The Morgan fingerprint density at radius 1 is 1.08 bits per heavy atom. The number of aromatic nitrogens is 1. The lowest BCUT2D eigenvalue weighted by atomic mass is 10.5. The average Bonchev–Trinajstić information content (AvgIpc) is 1.85. The Bertz CT molecular complexity index is 250. The molecule has 12 heavy (non-hydrogen) atoms. The van der Waals surface area contributed by atoms with Crippen molar-refractivity contribution in [2.24, 2.45) is 0 Å². The molecule has 0 aliphatic heterocycles. The molecule has 6 nitrogen and oxygen atoms in total. The molecule has 0 aliphatic carbocycles. The maximum Gasteiger partial charge on any atom is 0.466 e. The standard InChI is InChI=1S/C5H5NO.H3O4P/c7-6-4-2-1-3-5-6;1-5(2,3)4/h1-5H;(H3,1,2,3,4). The van der Waals surface area contributed by atoms with Crippen LogP contribution in [0.3, 0.4) is 0 Å². The molecule has 0 fully saturated rings. The van der Waals surface area contributed by atoms with E-state index in [9.17, 15) is 5.21 Å². The second-order valence-corrected chi connectivity index (χ2v) is 2.78. The van der Waals surface area contributed by atoms with E-state index in [2.05, 4.69) is 0 Å². The maximum atomic E-state index is 10.2. The Morgan fingerprint density at radius 2 is 1.42 bits per heavy atom. The van der Waals surface area contributed by atoms with Gasteiger partial charge in [-0.1, -0.05) is 6.07 Å². The van der Waals surface area contributed by atoms with E-state index in [0.29, 0.717) is 0 Å². The van der Waals surface area contributed by atoms with Gasteiger partial charge in [0, 0.05) is 12.1 Å². The second-order valence-electron chi connectivity index (χ2n) is 1.75. The third-order valence-corrected chi connectivity index (χ3v) is 0.688. The molecule has 7 heteroatoms. The minimum absolute atomic E-state index is 0.750. The van der Waals surface area contributed by atoms with Crippen LogP contribution in [0, 0.1) is 5.21 Å². The van der Waals surface area contributed by atoms with E-state index in [1.165, 1.54) is 12.4 Å². The molecule has 0 radical (unpaired) electrons. The lowest BCUT2D eigenvalue weighted by molar-refractivity contribution is -0.605. The summed E-state index contributed by atoms with van der Waals surface area (Å²) in [6.07, 6.45) is 2.89. The smallest absolute Gasteiger partial charge is 0.466 e. The van der Waals surface area contributed by atoms with Crippen molar-refractivity contribution >= 4 is 7.82 Å². The Morgan fingerprint density at radius 3 is 1.58 bits per heavy atom. The van der Waals surface area contributed by atoms with Gasteiger partial charge in [0.05, 0.1) is 0 Å².